The fourth-order valence-electron chi connectivity index (χ4n) is 1.76. The smallest absolute Gasteiger partial charge is 0.168 e. The van der Waals surface area contributed by atoms with E-state index >= 15 is 0 Å². The van der Waals surface area contributed by atoms with Gasteiger partial charge in [-0.3, -0.25) is 0 Å². The van der Waals surface area contributed by atoms with Gasteiger partial charge >= 0.3 is 0 Å². The molecule has 1 atom stereocenters. The zero-order chi connectivity index (χ0) is 14.3. The quantitative estimate of drug-likeness (QED) is 0.681. The Hall–Kier alpha value is -1.43. The number of nitrogens with one attached hydrogen (secondary N) is 2. The van der Waals surface area contributed by atoms with E-state index in [2.05, 4.69) is 15.6 Å². The summed E-state index contributed by atoms with van der Waals surface area (Å²) in [4.78, 5) is 3.89. The Kier molecular flexibility index (Phi) is 6.49. The van der Waals surface area contributed by atoms with E-state index in [1.165, 1.54) is 0 Å². The van der Waals surface area contributed by atoms with Crippen molar-refractivity contribution < 1.29 is 13.9 Å². The predicted molar refractivity (Wildman–Crippen MR) is 72.3 cm³/mol. The van der Waals surface area contributed by atoms with Gasteiger partial charge in [0.25, 0.3) is 0 Å². The maximum absolute atomic E-state index is 13.6. The Morgan fingerprint density at radius 1 is 1.21 bits per heavy atom. The Labute approximate surface area is 112 Å². The van der Waals surface area contributed by atoms with Gasteiger partial charge in [0.15, 0.2) is 23.3 Å². The monoisotopic (exact) mass is 273 g/mol. The van der Waals surface area contributed by atoms with Gasteiger partial charge in [-0.05, 0) is 19.3 Å². The van der Waals surface area contributed by atoms with Crippen LogP contribution in [0.2, 0.25) is 0 Å². The summed E-state index contributed by atoms with van der Waals surface area (Å²) in [6.07, 6.45) is 1.52. The number of aliphatic hydroxyl groups excluding tert-OH is 1. The molecule has 0 amide bonds. The highest BCUT2D eigenvalue weighted by molar-refractivity contribution is 5.47. The largest absolute Gasteiger partial charge is 0.396 e. The van der Waals surface area contributed by atoms with Crippen LogP contribution < -0.4 is 10.6 Å². The summed E-state index contributed by atoms with van der Waals surface area (Å²) in [7, 11) is 0. The van der Waals surface area contributed by atoms with Crippen LogP contribution in [0.3, 0.4) is 0 Å². The fraction of sp³-hybridized carbons (Fsp3) is 0.615. The van der Waals surface area contributed by atoms with Crippen molar-refractivity contribution in [3.8, 4) is 0 Å². The van der Waals surface area contributed by atoms with Crippen molar-refractivity contribution in [2.24, 2.45) is 5.92 Å². The third-order valence-corrected chi connectivity index (χ3v) is 2.95. The molecule has 1 aromatic rings. The Bertz CT molecular complexity index is 402. The molecule has 1 heterocycles. The second kappa shape index (κ2) is 7.89. The van der Waals surface area contributed by atoms with Crippen LogP contribution in [-0.4, -0.2) is 29.8 Å². The Morgan fingerprint density at radius 3 is 2.37 bits per heavy atom. The summed E-state index contributed by atoms with van der Waals surface area (Å²) in [6.45, 7) is 4.92. The fourth-order valence-corrected chi connectivity index (χ4v) is 1.76. The van der Waals surface area contributed by atoms with Crippen LogP contribution >= 0.6 is 0 Å². The molecule has 0 bridgehead atoms. The van der Waals surface area contributed by atoms with Crippen LogP contribution in [0, 0.1) is 17.6 Å². The van der Waals surface area contributed by atoms with Gasteiger partial charge in [-0.2, -0.15) is 0 Å². The number of hydrogen-bond donors (Lipinski definition) is 3. The van der Waals surface area contributed by atoms with Gasteiger partial charge in [0.05, 0.1) is 0 Å². The molecule has 1 aromatic heterocycles. The van der Waals surface area contributed by atoms with E-state index in [9.17, 15) is 8.78 Å². The van der Waals surface area contributed by atoms with Crippen LogP contribution in [0.5, 0.6) is 0 Å². The van der Waals surface area contributed by atoms with Crippen molar-refractivity contribution in [1.82, 2.24) is 4.98 Å². The molecular formula is C13H21F2N3O. The highest BCUT2D eigenvalue weighted by atomic mass is 19.1. The zero-order valence-electron chi connectivity index (χ0n) is 11.3. The molecule has 3 N–H and O–H groups in total. The third kappa shape index (κ3) is 4.63. The number of aliphatic hydroxyl groups is 1. The molecule has 1 unspecified atom stereocenters. The summed E-state index contributed by atoms with van der Waals surface area (Å²) in [5, 5.41) is 14.5. The SMILES string of the molecule is CCNc1nc(NCC(CC)CCO)c(F)cc1F. The zero-order valence-corrected chi connectivity index (χ0v) is 11.3. The number of hydrogen-bond acceptors (Lipinski definition) is 4. The highest BCUT2D eigenvalue weighted by Gasteiger charge is 2.13. The molecule has 0 aliphatic heterocycles. The van der Waals surface area contributed by atoms with Crippen LogP contribution in [0.15, 0.2) is 6.07 Å². The second-order valence-electron chi connectivity index (χ2n) is 4.35. The molecule has 108 valence electrons. The van der Waals surface area contributed by atoms with E-state index < -0.39 is 11.6 Å². The average molecular weight is 273 g/mol. The number of pyridine rings is 1. The van der Waals surface area contributed by atoms with Crippen molar-refractivity contribution in [3.05, 3.63) is 17.7 Å². The lowest BCUT2D eigenvalue weighted by molar-refractivity contribution is 0.258. The van der Waals surface area contributed by atoms with Crippen molar-refractivity contribution in [2.45, 2.75) is 26.7 Å². The van der Waals surface area contributed by atoms with Gasteiger partial charge in [0.2, 0.25) is 0 Å². The number of halogens is 2. The van der Waals surface area contributed by atoms with E-state index in [1.807, 2.05) is 13.8 Å². The van der Waals surface area contributed by atoms with Crippen molar-refractivity contribution >= 4 is 11.6 Å². The van der Waals surface area contributed by atoms with Gasteiger partial charge in [-0.15, -0.1) is 0 Å². The number of aromatic nitrogens is 1. The number of rotatable bonds is 8. The van der Waals surface area contributed by atoms with Crippen LogP contribution in [0.25, 0.3) is 0 Å². The first-order valence-corrected chi connectivity index (χ1v) is 6.56. The summed E-state index contributed by atoms with van der Waals surface area (Å²) < 4.78 is 26.9. The number of nitrogens with zero attached hydrogens (tertiary/aromatic N) is 1. The minimum atomic E-state index is -0.710. The molecule has 1 rings (SSSR count). The lowest BCUT2D eigenvalue weighted by atomic mass is 10.0. The van der Waals surface area contributed by atoms with E-state index in [-0.39, 0.29) is 24.2 Å². The van der Waals surface area contributed by atoms with Crippen LogP contribution in [0.4, 0.5) is 20.4 Å². The second-order valence-corrected chi connectivity index (χ2v) is 4.35. The molecule has 4 nitrogen and oxygen atoms in total. The van der Waals surface area contributed by atoms with Gasteiger partial charge in [-0.1, -0.05) is 13.3 Å². The third-order valence-electron chi connectivity index (χ3n) is 2.95. The minimum Gasteiger partial charge on any atom is -0.396 e. The van der Waals surface area contributed by atoms with Crippen molar-refractivity contribution in [2.75, 3.05) is 30.3 Å². The van der Waals surface area contributed by atoms with E-state index in [4.69, 9.17) is 5.11 Å². The molecule has 0 fully saturated rings. The summed E-state index contributed by atoms with van der Waals surface area (Å²) in [5.41, 5.74) is 0. The van der Waals surface area contributed by atoms with Gasteiger partial charge in [0.1, 0.15) is 0 Å². The van der Waals surface area contributed by atoms with Gasteiger partial charge in [-0.25, -0.2) is 13.8 Å². The molecular weight excluding hydrogens is 252 g/mol. The summed E-state index contributed by atoms with van der Waals surface area (Å²) in [6, 6.07) is 0.820. The lowest BCUT2D eigenvalue weighted by Crippen LogP contribution is -2.17. The normalized spacial score (nSPS) is 12.3. The molecule has 0 aliphatic rings. The van der Waals surface area contributed by atoms with Crippen molar-refractivity contribution in [3.63, 3.8) is 0 Å². The van der Waals surface area contributed by atoms with Crippen molar-refractivity contribution in [1.29, 1.82) is 0 Å². The van der Waals surface area contributed by atoms with Crippen LogP contribution in [0.1, 0.15) is 26.7 Å². The van der Waals surface area contributed by atoms with E-state index in [0.29, 0.717) is 19.5 Å². The first kappa shape index (κ1) is 15.6. The van der Waals surface area contributed by atoms with Gasteiger partial charge < -0.3 is 15.7 Å². The standard InChI is InChI=1S/C13H21F2N3O/c1-3-9(5-6-19)8-17-13-11(15)7-10(14)12(18-13)16-4-2/h7,9,19H,3-6,8H2,1-2H3,(H2,16,17,18). The molecule has 0 aliphatic carbocycles. The number of anilines is 2. The molecule has 0 spiro atoms. The Balaban J connectivity index is 2.74. The first-order chi connectivity index (χ1) is 9.12. The maximum Gasteiger partial charge on any atom is 0.168 e. The predicted octanol–water partition coefficient (Wildman–Crippen LogP) is 2.61. The molecule has 0 aromatic carbocycles. The summed E-state index contributed by atoms with van der Waals surface area (Å²) >= 11 is 0. The van der Waals surface area contributed by atoms with E-state index in [0.717, 1.165) is 12.5 Å². The first-order valence-electron chi connectivity index (χ1n) is 6.56. The highest BCUT2D eigenvalue weighted by Crippen LogP contribution is 2.19. The molecule has 0 saturated heterocycles. The topological polar surface area (TPSA) is 57.2 Å². The molecule has 0 saturated carbocycles. The van der Waals surface area contributed by atoms with Crippen LogP contribution in [-0.2, 0) is 0 Å². The summed E-state index contributed by atoms with van der Waals surface area (Å²) in [5.74, 6) is -1.10. The average Bonchev–Trinajstić information content (AvgIpc) is 2.39. The lowest BCUT2D eigenvalue weighted by Gasteiger charge is -2.16. The van der Waals surface area contributed by atoms with Gasteiger partial charge in [0, 0.05) is 25.8 Å². The maximum atomic E-state index is 13.6. The van der Waals surface area contributed by atoms with E-state index in [1.54, 1.807) is 0 Å². The molecule has 19 heavy (non-hydrogen) atoms. The molecule has 6 heteroatoms. The molecule has 0 radical (unpaired) electrons. The minimum absolute atomic E-state index is 0.0359. The Morgan fingerprint density at radius 2 is 1.84 bits per heavy atom.